The lowest BCUT2D eigenvalue weighted by atomic mass is 10.5. The number of aliphatic hydroxyl groups excluding tert-OH is 2. The number of rotatable bonds is 5. The summed E-state index contributed by atoms with van der Waals surface area (Å²) in [5, 5.41) is 15.2. The van der Waals surface area contributed by atoms with Gasteiger partial charge in [-0.2, -0.15) is 0 Å². The fourth-order valence-corrected chi connectivity index (χ4v) is 0.349. The van der Waals surface area contributed by atoms with Crippen LogP contribution in [0.3, 0.4) is 0 Å². The van der Waals surface area contributed by atoms with Gasteiger partial charge in [-0.25, -0.2) is 0 Å². The normalized spacial score (nSPS) is 10.2. The van der Waals surface area contributed by atoms with Crippen LogP contribution in [-0.4, -0.2) is 23.4 Å². The summed E-state index contributed by atoms with van der Waals surface area (Å²) in [6.45, 7) is 3.90. The zero-order chi connectivity index (χ0) is 10.4. The second-order valence-electron chi connectivity index (χ2n) is 2.14. The first-order valence-corrected chi connectivity index (χ1v) is 4.50. The molecular weight excluding hydrogens is 168 g/mol. The fraction of sp³-hybridized carbons (Fsp3) is 0.600. The van der Waals surface area contributed by atoms with Crippen LogP contribution in [0, 0.1) is 0 Å². The van der Waals surface area contributed by atoms with Crippen LogP contribution in [0.4, 0.5) is 0 Å². The number of allylic oxidation sites excluding steroid dienone is 2. The molecule has 0 aliphatic carbocycles. The Balaban J connectivity index is 0. The Hall–Kier alpha value is -0.800. The molecule has 13 heavy (non-hydrogen) atoms. The number of hydrogen-bond donors (Lipinski definition) is 2. The highest BCUT2D eigenvalue weighted by atomic mass is 16.5. The Labute approximate surface area is 80.4 Å². The minimum atomic E-state index is -0.125. The SMILES string of the molecule is CC/C=C/O/C=C/CC.OCCO. The zero-order valence-corrected chi connectivity index (χ0v) is 8.44. The predicted octanol–water partition coefficient (Wildman–Crippen LogP) is 1.82. The molecule has 3 nitrogen and oxygen atoms in total. The predicted molar refractivity (Wildman–Crippen MR) is 54.1 cm³/mol. The molecule has 0 radical (unpaired) electrons. The Morgan fingerprint density at radius 2 is 1.31 bits per heavy atom. The first-order chi connectivity index (χ1) is 6.33. The molecule has 0 heterocycles. The summed E-state index contributed by atoms with van der Waals surface area (Å²) in [4.78, 5) is 0. The van der Waals surface area contributed by atoms with Gasteiger partial charge in [0.15, 0.2) is 0 Å². The van der Waals surface area contributed by atoms with E-state index >= 15 is 0 Å². The van der Waals surface area contributed by atoms with Crippen LogP contribution in [0.1, 0.15) is 26.7 Å². The maximum atomic E-state index is 7.62. The molecular formula is C10H20O3. The van der Waals surface area contributed by atoms with Crippen molar-refractivity contribution in [3.05, 3.63) is 24.7 Å². The van der Waals surface area contributed by atoms with Gasteiger partial charge in [-0.1, -0.05) is 13.8 Å². The average molecular weight is 188 g/mol. The van der Waals surface area contributed by atoms with Crippen LogP contribution in [0.25, 0.3) is 0 Å². The molecule has 0 aromatic heterocycles. The molecule has 2 N–H and O–H groups in total. The van der Waals surface area contributed by atoms with Crippen molar-refractivity contribution in [1.82, 2.24) is 0 Å². The van der Waals surface area contributed by atoms with Gasteiger partial charge < -0.3 is 14.9 Å². The van der Waals surface area contributed by atoms with Crippen molar-refractivity contribution in [3.63, 3.8) is 0 Å². The van der Waals surface area contributed by atoms with E-state index in [4.69, 9.17) is 14.9 Å². The molecule has 0 aromatic carbocycles. The second kappa shape index (κ2) is 17.3. The lowest BCUT2D eigenvalue weighted by Gasteiger charge is -1.85. The molecule has 0 aromatic rings. The van der Waals surface area contributed by atoms with E-state index in [9.17, 15) is 0 Å². The van der Waals surface area contributed by atoms with Gasteiger partial charge in [-0.05, 0) is 25.0 Å². The maximum Gasteiger partial charge on any atom is 0.0861 e. The van der Waals surface area contributed by atoms with E-state index in [1.54, 1.807) is 12.5 Å². The Morgan fingerprint density at radius 3 is 1.54 bits per heavy atom. The van der Waals surface area contributed by atoms with Crippen molar-refractivity contribution in [1.29, 1.82) is 0 Å². The van der Waals surface area contributed by atoms with E-state index in [0.29, 0.717) is 0 Å². The first-order valence-electron chi connectivity index (χ1n) is 4.50. The molecule has 0 atom stereocenters. The maximum absolute atomic E-state index is 7.62. The highest BCUT2D eigenvalue weighted by Crippen LogP contribution is 1.85. The van der Waals surface area contributed by atoms with Crippen LogP contribution in [-0.2, 0) is 4.74 Å². The van der Waals surface area contributed by atoms with Gasteiger partial charge in [0.25, 0.3) is 0 Å². The van der Waals surface area contributed by atoms with Gasteiger partial charge in [0.2, 0.25) is 0 Å². The monoisotopic (exact) mass is 188 g/mol. The quantitative estimate of drug-likeness (QED) is 0.647. The molecule has 0 spiro atoms. The van der Waals surface area contributed by atoms with Gasteiger partial charge in [0.05, 0.1) is 25.7 Å². The third kappa shape index (κ3) is 24.7. The molecule has 0 amide bonds. The standard InChI is InChI=1S/C8H14O.C2H6O2/c1-3-5-7-9-8-6-4-2;3-1-2-4/h5-8H,3-4H2,1-2H3;3-4H,1-2H2/b7-5+,8-6+;. The van der Waals surface area contributed by atoms with Crippen molar-refractivity contribution >= 4 is 0 Å². The largest absolute Gasteiger partial charge is 0.473 e. The summed E-state index contributed by atoms with van der Waals surface area (Å²) >= 11 is 0. The molecule has 0 rings (SSSR count). The van der Waals surface area contributed by atoms with E-state index in [2.05, 4.69) is 13.8 Å². The number of hydrogen-bond acceptors (Lipinski definition) is 3. The molecule has 0 unspecified atom stereocenters. The summed E-state index contributed by atoms with van der Waals surface area (Å²) in [7, 11) is 0. The lowest BCUT2D eigenvalue weighted by molar-refractivity contribution is 0.186. The van der Waals surface area contributed by atoms with Crippen molar-refractivity contribution in [2.75, 3.05) is 13.2 Å². The molecule has 0 bridgehead atoms. The second-order valence-corrected chi connectivity index (χ2v) is 2.14. The molecule has 78 valence electrons. The third-order valence-corrected chi connectivity index (χ3v) is 0.921. The minimum Gasteiger partial charge on any atom is -0.473 e. The van der Waals surface area contributed by atoms with Gasteiger partial charge in [0, 0.05) is 0 Å². The summed E-state index contributed by atoms with van der Waals surface area (Å²) in [6, 6.07) is 0. The number of ether oxygens (including phenoxy) is 1. The van der Waals surface area contributed by atoms with Crippen molar-refractivity contribution in [3.8, 4) is 0 Å². The van der Waals surface area contributed by atoms with Crippen LogP contribution in [0.15, 0.2) is 24.7 Å². The molecule has 0 aliphatic rings. The Kier molecular flexibility index (Phi) is 19.6. The van der Waals surface area contributed by atoms with Crippen LogP contribution in [0.5, 0.6) is 0 Å². The van der Waals surface area contributed by atoms with Crippen molar-refractivity contribution in [2.45, 2.75) is 26.7 Å². The van der Waals surface area contributed by atoms with Gasteiger partial charge in [0.1, 0.15) is 0 Å². The molecule has 3 heteroatoms. The molecule has 0 fully saturated rings. The van der Waals surface area contributed by atoms with Crippen molar-refractivity contribution in [2.24, 2.45) is 0 Å². The van der Waals surface area contributed by atoms with Crippen LogP contribution in [0.2, 0.25) is 0 Å². The van der Waals surface area contributed by atoms with E-state index in [1.165, 1.54) is 0 Å². The highest BCUT2D eigenvalue weighted by Gasteiger charge is 1.66. The Bertz CT molecular complexity index is 105. The Morgan fingerprint density at radius 1 is 0.923 bits per heavy atom. The zero-order valence-electron chi connectivity index (χ0n) is 8.44. The highest BCUT2D eigenvalue weighted by molar-refractivity contribution is 4.77. The molecule has 0 saturated heterocycles. The minimum absolute atomic E-state index is 0.125. The van der Waals surface area contributed by atoms with Gasteiger partial charge >= 0.3 is 0 Å². The smallest absolute Gasteiger partial charge is 0.0861 e. The van der Waals surface area contributed by atoms with E-state index in [0.717, 1.165) is 12.8 Å². The van der Waals surface area contributed by atoms with E-state index in [1.807, 2.05) is 12.2 Å². The summed E-state index contributed by atoms with van der Waals surface area (Å²) in [5.74, 6) is 0. The van der Waals surface area contributed by atoms with E-state index in [-0.39, 0.29) is 13.2 Å². The van der Waals surface area contributed by atoms with Crippen LogP contribution < -0.4 is 0 Å². The lowest BCUT2D eigenvalue weighted by Crippen LogP contribution is -1.85. The van der Waals surface area contributed by atoms with E-state index < -0.39 is 0 Å². The molecule has 0 aliphatic heterocycles. The van der Waals surface area contributed by atoms with Crippen LogP contribution >= 0.6 is 0 Å². The van der Waals surface area contributed by atoms with Gasteiger partial charge in [-0.3, -0.25) is 0 Å². The summed E-state index contributed by atoms with van der Waals surface area (Å²) < 4.78 is 4.95. The van der Waals surface area contributed by atoms with Crippen molar-refractivity contribution < 1.29 is 14.9 Å². The van der Waals surface area contributed by atoms with Gasteiger partial charge in [-0.15, -0.1) is 0 Å². The molecule has 0 saturated carbocycles. The fourth-order valence-electron chi connectivity index (χ4n) is 0.349. The topological polar surface area (TPSA) is 49.7 Å². The number of aliphatic hydroxyl groups is 2. The summed E-state index contributed by atoms with van der Waals surface area (Å²) in [5.41, 5.74) is 0. The first kappa shape index (κ1) is 14.7. The average Bonchev–Trinajstić information content (AvgIpc) is 2.18. The summed E-state index contributed by atoms with van der Waals surface area (Å²) in [6.07, 6.45) is 9.40. The third-order valence-electron chi connectivity index (χ3n) is 0.921.